The van der Waals surface area contributed by atoms with Crippen LogP contribution in [0.1, 0.15) is 44.1 Å². The first kappa shape index (κ1) is 18.5. The monoisotopic (exact) mass is 348 g/mol. The molecule has 2 atom stereocenters. The Hall–Kier alpha value is -1.30. The van der Waals surface area contributed by atoms with Gasteiger partial charge in [0.1, 0.15) is 11.5 Å². The molecule has 0 amide bonds. The second-order valence-electron chi connectivity index (χ2n) is 7.29. The highest BCUT2D eigenvalue weighted by atomic mass is 16.5. The normalized spacial score (nSPS) is 25.7. The first-order chi connectivity index (χ1) is 12.2. The number of hydrogen-bond acceptors (Lipinski definition) is 5. The van der Waals surface area contributed by atoms with Crippen LogP contribution >= 0.6 is 0 Å². The Kier molecular flexibility index (Phi) is 6.57. The van der Waals surface area contributed by atoms with E-state index in [1.807, 2.05) is 18.2 Å². The number of piperidine rings is 1. The number of aliphatic hydroxyl groups is 1. The topological polar surface area (TPSA) is 54.0 Å². The van der Waals surface area contributed by atoms with Crippen molar-refractivity contribution < 1.29 is 14.6 Å². The van der Waals surface area contributed by atoms with Crippen LogP contribution in [0.3, 0.4) is 0 Å². The Morgan fingerprint density at radius 2 is 1.84 bits per heavy atom. The SMILES string of the molecule is COc1ccc(OC)c(CNC2CCN(C3CCCCC3O)CC2)c1. The molecule has 0 spiro atoms. The Balaban J connectivity index is 1.49. The van der Waals surface area contributed by atoms with Gasteiger partial charge < -0.3 is 19.9 Å². The van der Waals surface area contributed by atoms with Crippen LogP contribution < -0.4 is 14.8 Å². The van der Waals surface area contributed by atoms with Crippen LogP contribution in [0.25, 0.3) is 0 Å². The summed E-state index contributed by atoms with van der Waals surface area (Å²) >= 11 is 0. The fraction of sp³-hybridized carbons (Fsp3) is 0.700. The molecular weight excluding hydrogens is 316 g/mol. The Morgan fingerprint density at radius 1 is 1.08 bits per heavy atom. The third-order valence-corrected chi connectivity index (χ3v) is 5.76. The molecule has 1 saturated carbocycles. The second-order valence-corrected chi connectivity index (χ2v) is 7.29. The van der Waals surface area contributed by atoms with Gasteiger partial charge in [-0.15, -0.1) is 0 Å². The average Bonchev–Trinajstić information content (AvgIpc) is 2.67. The minimum atomic E-state index is -0.126. The largest absolute Gasteiger partial charge is 0.497 e. The Morgan fingerprint density at radius 3 is 2.52 bits per heavy atom. The molecule has 1 aromatic rings. The van der Waals surface area contributed by atoms with Crippen molar-refractivity contribution in [2.75, 3.05) is 27.3 Å². The summed E-state index contributed by atoms with van der Waals surface area (Å²) < 4.78 is 10.8. The maximum Gasteiger partial charge on any atom is 0.123 e. The molecule has 1 aromatic carbocycles. The van der Waals surface area contributed by atoms with E-state index in [1.54, 1.807) is 14.2 Å². The number of hydrogen-bond donors (Lipinski definition) is 2. The van der Waals surface area contributed by atoms with Gasteiger partial charge in [0, 0.05) is 37.3 Å². The van der Waals surface area contributed by atoms with E-state index in [4.69, 9.17) is 9.47 Å². The van der Waals surface area contributed by atoms with Crippen molar-refractivity contribution in [2.24, 2.45) is 0 Å². The predicted molar refractivity (Wildman–Crippen MR) is 99.2 cm³/mol. The minimum absolute atomic E-state index is 0.126. The summed E-state index contributed by atoms with van der Waals surface area (Å²) in [6.45, 7) is 2.94. The first-order valence-corrected chi connectivity index (χ1v) is 9.57. The molecule has 1 heterocycles. The smallest absolute Gasteiger partial charge is 0.123 e. The van der Waals surface area contributed by atoms with Crippen LogP contribution in [0, 0.1) is 0 Å². The lowest BCUT2D eigenvalue weighted by molar-refractivity contribution is 0.00713. The summed E-state index contributed by atoms with van der Waals surface area (Å²) in [6.07, 6.45) is 6.71. The van der Waals surface area contributed by atoms with Crippen molar-refractivity contribution in [3.05, 3.63) is 23.8 Å². The lowest BCUT2D eigenvalue weighted by Crippen LogP contribution is -2.51. The van der Waals surface area contributed by atoms with Crippen LogP contribution in [-0.4, -0.2) is 55.5 Å². The number of ether oxygens (including phenoxy) is 2. The van der Waals surface area contributed by atoms with Gasteiger partial charge in [-0.1, -0.05) is 12.8 Å². The van der Waals surface area contributed by atoms with E-state index in [0.717, 1.165) is 62.4 Å². The number of likely N-dealkylation sites (tertiary alicyclic amines) is 1. The van der Waals surface area contributed by atoms with E-state index >= 15 is 0 Å². The molecule has 5 nitrogen and oxygen atoms in total. The minimum Gasteiger partial charge on any atom is -0.497 e. The van der Waals surface area contributed by atoms with Gasteiger partial charge in [0.2, 0.25) is 0 Å². The molecule has 3 rings (SSSR count). The zero-order valence-electron chi connectivity index (χ0n) is 15.5. The molecule has 1 aliphatic heterocycles. The summed E-state index contributed by atoms with van der Waals surface area (Å²) in [5.41, 5.74) is 1.13. The highest BCUT2D eigenvalue weighted by Gasteiger charge is 2.31. The Labute approximate surface area is 151 Å². The fourth-order valence-corrected chi connectivity index (χ4v) is 4.23. The average molecular weight is 348 g/mol. The van der Waals surface area contributed by atoms with Crippen LogP contribution in [-0.2, 0) is 6.54 Å². The highest BCUT2D eigenvalue weighted by Crippen LogP contribution is 2.27. The molecule has 25 heavy (non-hydrogen) atoms. The molecule has 2 N–H and O–H groups in total. The summed E-state index contributed by atoms with van der Waals surface area (Å²) in [5.74, 6) is 1.76. The number of methoxy groups -OCH3 is 2. The zero-order valence-corrected chi connectivity index (χ0v) is 15.5. The summed E-state index contributed by atoms with van der Waals surface area (Å²) in [6, 6.07) is 6.83. The van der Waals surface area contributed by atoms with E-state index in [9.17, 15) is 5.11 Å². The van der Waals surface area contributed by atoms with E-state index in [1.165, 1.54) is 12.8 Å². The van der Waals surface area contributed by atoms with Crippen LogP contribution in [0.4, 0.5) is 0 Å². The number of nitrogens with one attached hydrogen (secondary N) is 1. The van der Waals surface area contributed by atoms with Gasteiger partial charge in [0.25, 0.3) is 0 Å². The van der Waals surface area contributed by atoms with Crippen molar-refractivity contribution in [2.45, 2.75) is 63.3 Å². The molecule has 140 valence electrons. The highest BCUT2D eigenvalue weighted by molar-refractivity contribution is 5.40. The molecule has 1 saturated heterocycles. The standard InChI is InChI=1S/C20H32N2O3/c1-24-17-7-8-20(25-2)15(13-17)14-21-16-9-11-22(12-10-16)18-5-3-4-6-19(18)23/h7-8,13,16,18-19,21,23H,3-6,9-12,14H2,1-2H3. The van der Waals surface area contributed by atoms with Crippen molar-refractivity contribution >= 4 is 0 Å². The van der Waals surface area contributed by atoms with E-state index in [-0.39, 0.29) is 6.10 Å². The van der Waals surface area contributed by atoms with E-state index < -0.39 is 0 Å². The zero-order chi connectivity index (χ0) is 17.6. The fourth-order valence-electron chi connectivity index (χ4n) is 4.23. The Bertz CT molecular complexity index is 544. The van der Waals surface area contributed by atoms with E-state index in [2.05, 4.69) is 10.2 Å². The molecule has 0 aromatic heterocycles. The molecule has 1 aliphatic carbocycles. The van der Waals surface area contributed by atoms with Crippen LogP contribution in [0.5, 0.6) is 11.5 Å². The number of nitrogens with zero attached hydrogens (tertiary/aromatic N) is 1. The molecule has 2 fully saturated rings. The van der Waals surface area contributed by atoms with Gasteiger partial charge in [-0.25, -0.2) is 0 Å². The van der Waals surface area contributed by atoms with Gasteiger partial charge in [0.05, 0.1) is 20.3 Å². The molecule has 2 aliphatic rings. The maximum absolute atomic E-state index is 10.3. The second kappa shape index (κ2) is 8.88. The maximum atomic E-state index is 10.3. The summed E-state index contributed by atoms with van der Waals surface area (Å²) in [4.78, 5) is 2.51. The predicted octanol–water partition coefficient (Wildman–Crippen LogP) is 2.56. The number of aliphatic hydroxyl groups excluding tert-OH is 1. The molecule has 0 radical (unpaired) electrons. The lowest BCUT2D eigenvalue weighted by atomic mass is 9.89. The van der Waals surface area contributed by atoms with Gasteiger partial charge in [-0.2, -0.15) is 0 Å². The third kappa shape index (κ3) is 4.66. The van der Waals surface area contributed by atoms with Gasteiger partial charge in [0.15, 0.2) is 0 Å². The third-order valence-electron chi connectivity index (χ3n) is 5.76. The first-order valence-electron chi connectivity index (χ1n) is 9.57. The number of rotatable bonds is 6. The van der Waals surface area contributed by atoms with Crippen molar-refractivity contribution in [1.29, 1.82) is 0 Å². The lowest BCUT2D eigenvalue weighted by Gasteiger charge is -2.41. The van der Waals surface area contributed by atoms with Gasteiger partial charge in [-0.05, 0) is 43.9 Å². The van der Waals surface area contributed by atoms with E-state index in [0.29, 0.717) is 12.1 Å². The molecule has 0 bridgehead atoms. The number of benzene rings is 1. The quantitative estimate of drug-likeness (QED) is 0.827. The van der Waals surface area contributed by atoms with Crippen LogP contribution in [0.2, 0.25) is 0 Å². The molecular formula is C20H32N2O3. The van der Waals surface area contributed by atoms with Crippen molar-refractivity contribution in [3.8, 4) is 11.5 Å². The van der Waals surface area contributed by atoms with Gasteiger partial charge in [-0.3, -0.25) is 4.90 Å². The van der Waals surface area contributed by atoms with Gasteiger partial charge >= 0.3 is 0 Å². The van der Waals surface area contributed by atoms with Crippen molar-refractivity contribution in [1.82, 2.24) is 10.2 Å². The summed E-state index contributed by atoms with van der Waals surface area (Å²) in [7, 11) is 3.40. The molecule has 5 heteroatoms. The van der Waals surface area contributed by atoms with Crippen molar-refractivity contribution in [3.63, 3.8) is 0 Å². The van der Waals surface area contributed by atoms with Crippen LogP contribution in [0.15, 0.2) is 18.2 Å². The summed E-state index contributed by atoms with van der Waals surface area (Å²) in [5, 5.41) is 13.9. The molecule has 2 unspecified atom stereocenters.